The lowest BCUT2D eigenvalue weighted by Crippen LogP contribution is -1.87. The molecule has 76 valence electrons. The minimum atomic E-state index is -1.23. The fraction of sp³-hybridized carbons (Fsp3) is 0. The van der Waals surface area contributed by atoms with Gasteiger partial charge in [0.05, 0.1) is 0 Å². The van der Waals surface area contributed by atoms with Crippen molar-refractivity contribution in [2.24, 2.45) is 0 Å². The molecule has 0 aliphatic rings. The minimum absolute atomic E-state index is 0.388. The Morgan fingerprint density at radius 1 is 1.13 bits per heavy atom. The molecule has 0 aliphatic carbocycles. The van der Waals surface area contributed by atoms with Crippen molar-refractivity contribution in [3.8, 4) is 16.9 Å². The zero-order valence-corrected chi connectivity index (χ0v) is 7.61. The van der Waals surface area contributed by atoms with E-state index in [0.29, 0.717) is 11.1 Å². The summed E-state index contributed by atoms with van der Waals surface area (Å²) in [6.45, 7) is 0. The van der Waals surface area contributed by atoms with Crippen LogP contribution in [0.15, 0.2) is 36.7 Å². The van der Waals surface area contributed by atoms with Gasteiger partial charge in [0, 0.05) is 18.0 Å². The average Bonchev–Trinajstić information content (AvgIpc) is 2.26. The maximum atomic E-state index is 13.0. The van der Waals surface area contributed by atoms with Crippen molar-refractivity contribution in [1.82, 2.24) is 4.98 Å². The molecule has 2 nitrogen and oxygen atoms in total. The van der Waals surface area contributed by atoms with Crippen LogP contribution < -0.4 is 0 Å². The van der Waals surface area contributed by atoms with E-state index < -0.39 is 17.4 Å². The van der Waals surface area contributed by atoms with Crippen LogP contribution in [0.25, 0.3) is 11.1 Å². The Morgan fingerprint density at radius 2 is 1.93 bits per heavy atom. The molecule has 0 radical (unpaired) electrons. The monoisotopic (exact) mass is 207 g/mol. The molecule has 4 heteroatoms. The highest BCUT2D eigenvalue weighted by atomic mass is 19.2. The van der Waals surface area contributed by atoms with Crippen molar-refractivity contribution in [2.75, 3.05) is 0 Å². The van der Waals surface area contributed by atoms with Crippen molar-refractivity contribution < 1.29 is 13.9 Å². The summed E-state index contributed by atoms with van der Waals surface area (Å²) in [4.78, 5) is 3.84. The van der Waals surface area contributed by atoms with Crippen LogP contribution in [0.5, 0.6) is 5.75 Å². The molecule has 1 heterocycles. The molecule has 0 saturated carbocycles. The smallest absolute Gasteiger partial charge is 0.200 e. The highest BCUT2D eigenvalue weighted by Gasteiger charge is 2.10. The summed E-state index contributed by atoms with van der Waals surface area (Å²) in [6, 6.07) is 5.55. The second-order valence-corrected chi connectivity index (χ2v) is 3.03. The molecule has 0 aliphatic heterocycles. The first kappa shape index (κ1) is 9.58. The highest BCUT2D eigenvalue weighted by molar-refractivity contribution is 5.64. The zero-order chi connectivity index (χ0) is 10.8. The van der Waals surface area contributed by atoms with Gasteiger partial charge in [-0.3, -0.25) is 4.98 Å². The summed E-state index contributed by atoms with van der Waals surface area (Å²) in [5.74, 6) is -3.01. The maximum Gasteiger partial charge on any atom is 0.200 e. The van der Waals surface area contributed by atoms with Crippen LogP contribution in [-0.4, -0.2) is 10.1 Å². The molecule has 0 saturated heterocycles. The van der Waals surface area contributed by atoms with E-state index in [2.05, 4.69) is 4.98 Å². The van der Waals surface area contributed by atoms with Gasteiger partial charge < -0.3 is 5.11 Å². The van der Waals surface area contributed by atoms with E-state index in [9.17, 15) is 8.78 Å². The Labute approximate surface area is 84.8 Å². The van der Waals surface area contributed by atoms with Gasteiger partial charge in [0.15, 0.2) is 17.4 Å². The number of pyridine rings is 1. The Kier molecular flexibility index (Phi) is 2.33. The average molecular weight is 207 g/mol. The number of nitrogens with zero attached hydrogens (tertiary/aromatic N) is 1. The lowest BCUT2D eigenvalue weighted by Gasteiger charge is -2.03. The second kappa shape index (κ2) is 3.65. The summed E-state index contributed by atoms with van der Waals surface area (Å²) in [7, 11) is 0. The first-order valence-corrected chi connectivity index (χ1v) is 4.27. The van der Waals surface area contributed by atoms with Crippen LogP contribution in [0, 0.1) is 11.6 Å². The topological polar surface area (TPSA) is 33.1 Å². The standard InChI is InChI=1S/C11H7F2NO/c12-9-4-8(5-10(15)11(9)13)7-2-1-3-14-6-7/h1-6,15H. The predicted octanol–water partition coefficient (Wildman–Crippen LogP) is 2.73. The molecule has 1 aromatic carbocycles. The van der Waals surface area contributed by atoms with Crippen molar-refractivity contribution in [3.05, 3.63) is 48.3 Å². The summed E-state index contributed by atoms with van der Waals surface area (Å²) < 4.78 is 25.8. The fourth-order valence-corrected chi connectivity index (χ4v) is 1.27. The molecule has 0 fully saturated rings. The van der Waals surface area contributed by atoms with E-state index in [1.54, 1.807) is 18.3 Å². The Morgan fingerprint density at radius 3 is 2.53 bits per heavy atom. The molecule has 0 bridgehead atoms. The van der Waals surface area contributed by atoms with Gasteiger partial charge in [-0.15, -0.1) is 0 Å². The van der Waals surface area contributed by atoms with Crippen molar-refractivity contribution in [3.63, 3.8) is 0 Å². The Balaban J connectivity index is 2.56. The molecule has 1 aromatic heterocycles. The highest BCUT2D eigenvalue weighted by Crippen LogP contribution is 2.27. The summed E-state index contributed by atoms with van der Waals surface area (Å²) >= 11 is 0. The third kappa shape index (κ3) is 1.79. The van der Waals surface area contributed by atoms with Crippen LogP contribution in [0.3, 0.4) is 0 Å². The van der Waals surface area contributed by atoms with E-state index in [0.717, 1.165) is 12.1 Å². The van der Waals surface area contributed by atoms with Crippen LogP contribution in [0.2, 0.25) is 0 Å². The van der Waals surface area contributed by atoms with Crippen molar-refractivity contribution in [1.29, 1.82) is 0 Å². The number of halogens is 2. The molecular formula is C11H7F2NO. The van der Waals surface area contributed by atoms with Gasteiger partial charge in [-0.05, 0) is 23.8 Å². The Bertz CT molecular complexity index is 462. The Hall–Kier alpha value is -1.97. The number of hydrogen-bond acceptors (Lipinski definition) is 2. The van der Waals surface area contributed by atoms with E-state index in [-0.39, 0.29) is 0 Å². The zero-order valence-electron chi connectivity index (χ0n) is 7.61. The fourth-order valence-electron chi connectivity index (χ4n) is 1.27. The van der Waals surface area contributed by atoms with Gasteiger partial charge in [-0.1, -0.05) is 6.07 Å². The molecule has 2 rings (SSSR count). The largest absolute Gasteiger partial charge is 0.505 e. The van der Waals surface area contributed by atoms with Gasteiger partial charge in [0.25, 0.3) is 0 Å². The number of aromatic nitrogens is 1. The second-order valence-electron chi connectivity index (χ2n) is 3.03. The molecule has 2 aromatic rings. The van der Waals surface area contributed by atoms with Crippen LogP contribution in [0.1, 0.15) is 0 Å². The molecule has 0 spiro atoms. The number of rotatable bonds is 1. The number of phenols is 1. The molecule has 0 unspecified atom stereocenters. The first-order valence-electron chi connectivity index (χ1n) is 4.27. The van der Waals surface area contributed by atoms with E-state index in [4.69, 9.17) is 5.11 Å². The van der Waals surface area contributed by atoms with Gasteiger partial charge in [0.1, 0.15) is 0 Å². The number of hydrogen-bond donors (Lipinski definition) is 1. The van der Waals surface area contributed by atoms with Gasteiger partial charge in [-0.25, -0.2) is 4.39 Å². The van der Waals surface area contributed by atoms with Crippen molar-refractivity contribution >= 4 is 0 Å². The molecule has 0 atom stereocenters. The molecule has 15 heavy (non-hydrogen) atoms. The van der Waals surface area contributed by atoms with E-state index >= 15 is 0 Å². The van der Waals surface area contributed by atoms with Crippen molar-refractivity contribution in [2.45, 2.75) is 0 Å². The third-order valence-electron chi connectivity index (χ3n) is 2.00. The molecule has 0 amide bonds. The van der Waals surface area contributed by atoms with Crippen LogP contribution in [-0.2, 0) is 0 Å². The SMILES string of the molecule is Oc1cc(-c2cccnc2)cc(F)c1F. The van der Waals surface area contributed by atoms with Crippen LogP contribution in [0.4, 0.5) is 8.78 Å². The lowest BCUT2D eigenvalue weighted by molar-refractivity contribution is 0.407. The predicted molar refractivity (Wildman–Crippen MR) is 51.3 cm³/mol. The van der Waals surface area contributed by atoms with Crippen LogP contribution >= 0.6 is 0 Å². The van der Waals surface area contributed by atoms with Gasteiger partial charge in [0.2, 0.25) is 0 Å². The van der Waals surface area contributed by atoms with E-state index in [1.807, 2.05) is 0 Å². The normalized spacial score (nSPS) is 10.3. The number of aromatic hydroxyl groups is 1. The minimum Gasteiger partial charge on any atom is -0.505 e. The van der Waals surface area contributed by atoms with E-state index in [1.165, 1.54) is 6.20 Å². The lowest BCUT2D eigenvalue weighted by atomic mass is 10.1. The summed E-state index contributed by atoms with van der Waals surface area (Å²) in [5.41, 5.74) is 1.01. The summed E-state index contributed by atoms with van der Waals surface area (Å²) in [5, 5.41) is 9.11. The van der Waals surface area contributed by atoms with Gasteiger partial charge >= 0.3 is 0 Å². The number of benzene rings is 1. The number of phenolic OH excluding ortho intramolecular Hbond substituents is 1. The molecule has 1 N–H and O–H groups in total. The third-order valence-corrected chi connectivity index (χ3v) is 2.00. The summed E-state index contributed by atoms with van der Waals surface area (Å²) in [6.07, 6.45) is 3.08. The quantitative estimate of drug-likeness (QED) is 0.779. The maximum absolute atomic E-state index is 13.0. The molecular weight excluding hydrogens is 200 g/mol. The first-order chi connectivity index (χ1) is 7.18. The van der Waals surface area contributed by atoms with Gasteiger partial charge in [-0.2, -0.15) is 4.39 Å².